The van der Waals surface area contributed by atoms with Gasteiger partial charge >= 0.3 is 0 Å². The van der Waals surface area contributed by atoms with Crippen molar-refractivity contribution in [3.05, 3.63) is 69.4 Å². The molecule has 28 heavy (non-hydrogen) atoms. The first kappa shape index (κ1) is 17.9. The fourth-order valence-electron chi connectivity index (χ4n) is 4.85. The molecule has 1 spiro atoms. The fourth-order valence-corrected chi connectivity index (χ4v) is 4.85. The monoisotopic (exact) mass is 375 g/mol. The van der Waals surface area contributed by atoms with Crippen LogP contribution in [0.3, 0.4) is 0 Å². The van der Waals surface area contributed by atoms with E-state index in [4.69, 9.17) is 4.98 Å². The van der Waals surface area contributed by atoms with E-state index in [-0.39, 0.29) is 5.56 Å². The highest BCUT2D eigenvalue weighted by Gasteiger charge is 2.45. The van der Waals surface area contributed by atoms with Gasteiger partial charge in [-0.3, -0.25) is 9.69 Å². The molecule has 0 radical (unpaired) electrons. The molecule has 1 aromatic carbocycles. The molecule has 1 aromatic heterocycles. The van der Waals surface area contributed by atoms with Gasteiger partial charge in [0.1, 0.15) is 5.82 Å². The van der Waals surface area contributed by atoms with Gasteiger partial charge in [0, 0.05) is 25.1 Å². The van der Waals surface area contributed by atoms with E-state index in [2.05, 4.69) is 46.3 Å². The third-order valence-corrected chi connectivity index (χ3v) is 6.88. The summed E-state index contributed by atoms with van der Waals surface area (Å²) in [5, 5.41) is 0. The Hall–Kier alpha value is -2.20. The van der Waals surface area contributed by atoms with Gasteiger partial charge in [-0.05, 0) is 68.0 Å². The number of aromatic amines is 1. The molecule has 4 nitrogen and oxygen atoms in total. The lowest BCUT2D eigenvalue weighted by molar-refractivity contribution is 0.297. The second-order valence-corrected chi connectivity index (χ2v) is 8.86. The number of hydrogen-bond donors (Lipinski definition) is 1. The van der Waals surface area contributed by atoms with Crippen LogP contribution in [-0.2, 0) is 19.3 Å². The first-order chi connectivity index (χ1) is 13.7. The molecule has 1 aliphatic heterocycles. The molecular weight excluding hydrogens is 346 g/mol. The Balaban J connectivity index is 1.16. The molecule has 0 amide bonds. The van der Waals surface area contributed by atoms with Gasteiger partial charge in [0.05, 0.1) is 5.69 Å². The SMILES string of the molecule is O=c1[nH]c(CCCN2CC=C(c3ccccc3)CC2)nc2c1CCC1(CC1)C2. The van der Waals surface area contributed by atoms with Crippen molar-refractivity contribution in [2.75, 3.05) is 19.6 Å². The van der Waals surface area contributed by atoms with Crippen LogP contribution in [0, 0.1) is 5.41 Å². The van der Waals surface area contributed by atoms with Crippen LogP contribution in [0.5, 0.6) is 0 Å². The summed E-state index contributed by atoms with van der Waals surface area (Å²) in [4.78, 5) is 22.9. The smallest absolute Gasteiger partial charge is 0.254 e. The molecule has 146 valence electrons. The third-order valence-electron chi connectivity index (χ3n) is 6.88. The van der Waals surface area contributed by atoms with Crippen molar-refractivity contribution < 1.29 is 0 Å². The lowest BCUT2D eigenvalue weighted by atomic mass is 9.85. The first-order valence-corrected chi connectivity index (χ1v) is 10.8. The van der Waals surface area contributed by atoms with Gasteiger partial charge in [-0.1, -0.05) is 36.4 Å². The maximum atomic E-state index is 12.4. The highest BCUT2D eigenvalue weighted by atomic mass is 16.1. The van der Waals surface area contributed by atoms with Gasteiger partial charge in [-0.25, -0.2) is 4.98 Å². The summed E-state index contributed by atoms with van der Waals surface area (Å²) in [7, 11) is 0. The molecule has 4 heteroatoms. The number of aryl methyl sites for hydroxylation is 1. The lowest BCUT2D eigenvalue weighted by Gasteiger charge is -2.26. The van der Waals surface area contributed by atoms with Crippen molar-refractivity contribution in [3.8, 4) is 0 Å². The minimum absolute atomic E-state index is 0.115. The molecule has 1 saturated carbocycles. The third kappa shape index (κ3) is 3.70. The predicted molar refractivity (Wildman–Crippen MR) is 112 cm³/mol. The standard InChI is InChI=1S/C24H29N3O/c28-23-20-8-11-24(12-13-24)17-21(20)25-22(26-23)7-4-14-27-15-9-19(10-16-27)18-5-2-1-3-6-18/h1-3,5-6,9H,4,7-8,10-17H2,(H,25,26,28). The number of nitrogens with zero attached hydrogens (tertiary/aromatic N) is 2. The average Bonchev–Trinajstić information content (AvgIpc) is 3.47. The zero-order valence-electron chi connectivity index (χ0n) is 16.5. The molecule has 0 bridgehead atoms. The normalized spacial score (nSPS) is 20.6. The van der Waals surface area contributed by atoms with Crippen LogP contribution < -0.4 is 5.56 Å². The quantitative estimate of drug-likeness (QED) is 0.866. The molecule has 0 unspecified atom stereocenters. The van der Waals surface area contributed by atoms with Gasteiger partial charge in [0.25, 0.3) is 5.56 Å². The summed E-state index contributed by atoms with van der Waals surface area (Å²) in [6.45, 7) is 3.18. The van der Waals surface area contributed by atoms with Crippen molar-refractivity contribution in [2.24, 2.45) is 5.41 Å². The number of fused-ring (bicyclic) bond motifs is 1. The molecule has 0 saturated heterocycles. The number of benzene rings is 1. The minimum Gasteiger partial charge on any atom is -0.310 e. The Labute approximate surface area is 166 Å². The van der Waals surface area contributed by atoms with Gasteiger partial charge in [0.15, 0.2) is 0 Å². The van der Waals surface area contributed by atoms with Gasteiger partial charge < -0.3 is 4.98 Å². The summed E-state index contributed by atoms with van der Waals surface area (Å²) >= 11 is 0. The topological polar surface area (TPSA) is 49.0 Å². The van der Waals surface area contributed by atoms with Crippen LogP contribution in [0.15, 0.2) is 41.2 Å². The van der Waals surface area contributed by atoms with E-state index in [1.807, 2.05) is 0 Å². The van der Waals surface area contributed by atoms with Crippen LogP contribution in [0.1, 0.15) is 54.7 Å². The van der Waals surface area contributed by atoms with E-state index in [0.29, 0.717) is 5.41 Å². The molecule has 5 rings (SSSR count). The van der Waals surface area contributed by atoms with Crippen molar-refractivity contribution in [3.63, 3.8) is 0 Å². The van der Waals surface area contributed by atoms with Gasteiger partial charge in [0.2, 0.25) is 0 Å². The molecule has 2 aromatic rings. The summed E-state index contributed by atoms with van der Waals surface area (Å²) in [6.07, 6.45) is 11.2. The maximum Gasteiger partial charge on any atom is 0.254 e. The van der Waals surface area contributed by atoms with Crippen LogP contribution >= 0.6 is 0 Å². The Bertz CT molecular complexity index is 940. The molecular formula is C24H29N3O. The average molecular weight is 376 g/mol. The summed E-state index contributed by atoms with van der Waals surface area (Å²) in [6, 6.07) is 10.7. The second-order valence-electron chi connectivity index (χ2n) is 8.86. The minimum atomic E-state index is 0.115. The molecule has 0 atom stereocenters. The highest BCUT2D eigenvalue weighted by molar-refractivity contribution is 5.66. The van der Waals surface area contributed by atoms with Crippen molar-refractivity contribution in [1.29, 1.82) is 0 Å². The number of rotatable bonds is 5. The Morgan fingerprint density at radius 3 is 2.71 bits per heavy atom. The lowest BCUT2D eigenvalue weighted by Crippen LogP contribution is -2.30. The number of hydrogen-bond acceptors (Lipinski definition) is 3. The van der Waals surface area contributed by atoms with E-state index in [1.54, 1.807) is 0 Å². The number of H-pyrrole nitrogens is 1. The van der Waals surface area contributed by atoms with Gasteiger partial charge in [-0.15, -0.1) is 0 Å². The largest absolute Gasteiger partial charge is 0.310 e. The maximum absolute atomic E-state index is 12.4. The number of aromatic nitrogens is 2. The van der Waals surface area contributed by atoms with Crippen LogP contribution in [0.2, 0.25) is 0 Å². The molecule has 2 aliphatic carbocycles. The highest BCUT2D eigenvalue weighted by Crippen LogP contribution is 2.53. The molecule has 1 N–H and O–H groups in total. The Morgan fingerprint density at radius 2 is 1.96 bits per heavy atom. The van der Waals surface area contributed by atoms with E-state index in [9.17, 15) is 4.79 Å². The first-order valence-electron chi connectivity index (χ1n) is 10.8. The number of nitrogens with one attached hydrogen (secondary N) is 1. The zero-order valence-corrected chi connectivity index (χ0v) is 16.5. The van der Waals surface area contributed by atoms with E-state index in [0.717, 1.165) is 68.8 Å². The van der Waals surface area contributed by atoms with Crippen LogP contribution in [0.4, 0.5) is 0 Å². The van der Waals surface area contributed by atoms with Crippen LogP contribution in [-0.4, -0.2) is 34.5 Å². The zero-order chi connectivity index (χ0) is 19.0. The molecule has 1 fully saturated rings. The van der Waals surface area contributed by atoms with Crippen molar-refractivity contribution in [1.82, 2.24) is 14.9 Å². The van der Waals surface area contributed by atoms with E-state index >= 15 is 0 Å². The molecule has 2 heterocycles. The summed E-state index contributed by atoms with van der Waals surface area (Å²) in [5.74, 6) is 0.888. The van der Waals surface area contributed by atoms with Crippen LogP contribution in [0.25, 0.3) is 5.57 Å². The Kier molecular flexibility index (Phi) is 4.67. The van der Waals surface area contributed by atoms with E-state index in [1.165, 1.54) is 30.4 Å². The van der Waals surface area contributed by atoms with E-state index < -0.39 is 0 Å². The van der Waals surface area contributed by atoms with Gasteiger partial charge in [-0.2, -0.15) is 0 Å². The summed E-state index contributed by atoms with van der Waals surface area (Å²) < 4.78 is 0. The second kappa shape index (κ2) is 7.32. The predicted octanol–water partition coefficient (Wildman–Crippen LogP) is 3.76. The van der Waals surface area contributed by atoms with Crippen molar-refractivity contribution >= 4 is 5.57 Å². The molecule has 3 aliphatic rings. The summed E-state index contributed by atoms with van der Waals surface area (Å²) in [5.41, 5.74) is 5.48. The Morgan fingerprint density at radius 1 is 1.11 bits per heavy atom. The fraction of sp³-hybridized carbons (Fsp3) is 0.500. The van der Waals surface area contributed by atoms with Crippen molar-refractivity contribution in [2.45, 2.75) is 51.4 Å².